The first-order valence-corrected chi connectivity index (χ1v) is 9.26. The molecule has 29 heavy (non-hydrogen) atoms. The fourth-order valence-corrected chi connectivity index (χ4v) is 2.73. The summed E-state index contributed by atoms with van der Waals surface area (Å²) in [7, 11) is 0. The third kappa shape index (κ3) is 7.61. The number of ether oxygens (including phenoxy) is 2. The molecule has 2 rings (SSSR count). The summed E-state index contributed by atoms with van der Waals surface area (Å²) in [5, 5.41) is 0. The van der Waals surface area contributed by atoms with Crippen LogP contribution in [-0.2, 0) is 23.7 Å². The van der Waals surface area contributed by atoms with E-state index in [4.69, 9.17) is 0 Å². The minimum Gasteiger partial charge on any atom is -0.403 e. The van der Waals surface area contributed by atoms with Crippen LogP contribution in [0.15, 0.2) is 42.5 Å². The Hall–Kier alpha value is -2.22. The lowest BCUT2D eigenvalue weighted by molar-refractivity contribution is -0.275. The van der Waals surface area contributed by atoms with Crippen LogP contribution in [0.5, 0.6) is 5.75 Å². The van der Waals surface area contributed by atoms with Gasteiger partial charge in [-0.25, -0.2) is 4.39 Å². The number of hydrogen-bond acceptors (Lipinski definition) is 2. The van der Waals surface area contributed by atoms with Crippen molar-refractivity contribution in [3.8, 4) is 5.75 Å². The molecule has 160 valence electrons. The summed E-state index contributed by atoms with van der Waals surface area (Å²) in [6.45, 7) is 1.64. The predicted molar refractivity (Wildman–Crippen MR) is 96.3 cm³/mol. The zero-order chi connectivity index (χ0) is 21.5. The third-order valence-electron chi connectivity index (χ3n) is 4.26. The smallest absolute Gasteiger partial charge is 0.403 e. The van der Waals surface area contributed by atoms with Crippen LogP contribution in [0.1, 0.15) is 42.9 Å². The van der Waals surface area contributed by atoms with Crippen LogP contribution < -0.4 is 4.74 Å². The van der Waals surface area contributed by atoms with Gasteiger partial charge in [-0.2, -0.15) is 8.78 Å². The molecule has 0 N–H and O–H groups in total. The molecule has 2 aromatic rings. The molecule has 0 saturated carbocycles. The van der Waals surface area contributed by atoms with Crippen LogP contribution >= 0.6 is 0 Å². The van der Waals surface area contributed by atoms with Crippen molar-refractivity contribution in [3.05, 3.63) is 65.0 Å². The Balaban J connectivity index is 1.89. The summed E-state index contributed by atoms with van der Waals surface area (Å²) in [4.78, 5) is 0. The molecule has 0 radical (unpaired) electrons. The molecule has 0 atom stereocenters. The molecule has 0 unspecified atom stereocenters. The van der Waals surface area contributed by atoms with Gasteiger partial charge in [0.05, 0.1) is 12.2 Å². The quantitative estimate of drug-likeness (QED) is 0.312. The monoisotopic (exact) mass is 420 g/mol. The zero-order valence-corrected chi connectivity index (χ0v) is 15.9. The minimum atomic E-state index is -5.01. The van der Waals surface area contributed by atoms with Crippen LogP contribution in [0.2, 0.25) is 0 Å². The first-order chi connectivity index (χ1) is 13.6. The molecule has 0 spiro atoms. The summed E-state index contributed by atoms with van der Waals surface area (Å²) in [5.41, 5.74) is 0.880. The number of rotatable bonds is 10. The van der Waals surface area contributed by atoms with Gasteiger partial charge in [-0.1, -0.05) is 50.1 Å². The van der Waals surface area contributed by atoms with Crippen LogP contribution in [0.25, 0.3) is 0 Å². The number of hydrogen-bond donors (Lipinski definition) is 0. The van der Waals surface area contributed by atoms with E-state index >= 15 is 0 Å². The Morgan fingerprint density at radius 2 is 1.48 bits per heavy atom. The van der Waals surface area contributed by atoms with E-state index < -0.39 is 30.6 Å². The maximum absolute atomic E-state index is 14.2. The van der Waals surface area contributed by atoms with Gasteiger partial charge < -0.3 is 9.47 Å². The summed E-state index contributed by atoms with van der Waals surface area (Å²) in [6.07, 6.45) is -4.68. The number of halogens is 6. The van der Waals surface area contributed by atoms with Gasteiger partial charge in [-0.05, 0) is 42.5 Å². The molecule has 0 aliphatic carbocycles. The van der Waals surface area contributed by atoms with Crippen molar-refractivity contribution >= 4 is 0 Å². The Kier molecular flexibility index (Phi) is 7.96. The summed E-state index contributed by atoms with van der Waals surface area (Å²) >= 11 is 0. The van der Waals surface area contributed by atoms with Gasteiger partial charge in [0.2, 0.25) is 0 Å². The number of aryl methyl sites for hydroxylation is 1. The topological polar surface area (TPSA) is 18.5 Å². The number of unbranched alkanes of at least 4 members (excludes halogenated alkanes) is 2. The van der Waals surface area contributed by atoms with Gasteiger partial charge >= 0.3 is 12.5 Å². The molecule has 0 fully saturated rings. The molecule has 0 heterocycles. The molecule has 2 aromatic carbocycles. The molecular weight excluding hydrogens is 398 g/mol. The van der Waals surface area contributed by atoms with Gasteiger partial charge in [0.15, 0.2) is 11.6 Å². The summed E-state index contributed by atoms with van der Waals surface area (Å²) in [5.74, 6) is -2.21. The highest BCUT2D eigenvalue weighted by atomic mass is 19.4. The van der Waals surface area contributed by atoms with Crippen molar-refractivity contribution in [3.63, 3.8) is 0 Å². The van der Waals surface area contributed by atoms with Crippen LogP contribution in [0, 0.1) is 5.82 Å². The summed E-state index contributed by atoms with van der Waals surface area (Å²) < 4.78 is 86.6. The van der Waals surface area contributed by atoms with Crippen molar-refractivity contribution in [1.82, 2.24) is 0 Å². The van der Waals surface area contributed by atoms with E-state index in [1.54, 1.807) is 12.1 Å². The lowest BCUT2D eigenvalue weighted by atomic mass is 10.1. The molecule has 0 amide bonds. The van der Waals surface area contributed by atoms with Crippen LogP contribution in [0.3, 0.4) is 0 Å². The number of alkyl halides is 5. The SMILES string of the molecule is CCCCCc1ccc(C(F)(F)OCCc2ccc(OC(F)(F)F)c(F)c2)cc1. The van der Waals surface area contributed by atoms with Crippen molar-refractivity contribution in [1.29, 1.82) is 0 Å². The van der Waals surface area contributed by atoms with Crippen LogP contribution in [-0.4, -0.2) is 13.0 Å². The third-order valence-corrected chi connectivity index (χ3v) is 4.26. The van der Waals surface area contributed by atoms with Crippen molar-refractivity contribution in [2.45, 2.75) is 51.5 Å². The van der Waals surface area contributed by atoms with Crippen molar-refractivity contribution < 1.29 is 35.8 Å². The van der Waals surface area contributed by atoms with E-state index in [0.29, 0.717) is 0 Å². The second kappa shape index (κ2) is 10.0. The average Bonchev–Trinajstić information content (AvgIpc) is 2.63. The molecule has 0 aliphatic heterocycles. The maximum atomic E-state index is 14.2. The van der Waals surface area contributed by atoms with Gasteiger partial charge in [-0.15, -0.1) is 13.2 Å². The highest BCUT2D eigenvalue weighted by Crippen LogP contribution is 2.30. The summed E-state index contributed by atoms with van der Waals surface area (Å²) in [6, 6.07) is 8.65. The molecule has 8 heteroatoms. The lowest BCUT2D eigenvalue weighted by Crippen LogP contribution is -2.20. The molecule has 2 nitrogen and oxygen atoms in total. The van der Waals surface area contributed by atoms with Gasteiger partial charge in [0, 0.05) is 0 Å². The van der Waals surface area contributed by atoms with E-state index in [1.165, 1.54) is 12.1 Å². The Labute approximate surface area is 165 Å². The maximum Gasteiger partial charge on any atom is 0.573 e. The van der Waals surface area contributed by atoms with Crippen LogP contribution in [0.4, 0.5) is 26.3 Å². The highest BCUT2D eigenvalue weighted by molar-refractivity contribution is 5.30. The standard InChI is InChI=1S/C21H22F6O2/c1-2-3-4-5-15-6-9-17(10-7-15)20(23,24)28-13-12-16-8-11-19(18(22)14-16)29-21(25,26)27/h6-11,14H,2-5,12-13H2,1H3. The molecular formula is C21H22F6O2. The van der Waals surface area contributed by atoms with Gasteiger partial charge in [0.1, 0.15) is 0 Å². The fraction of sp³-hybridized carbons (Fsp3) is 0.429. The highest BCUT2D eigenvalue weighted by Gasteiger charge is 2.33. The lowest BCUT2D eigenvalue weighted by Gasteiger charge is -2.18. The number of benzene rings is 2. The van der Waals surface area contributed by atoms with Gasteiger partial charge in [0.25, 0.3) is 0 Å². The predicted octanol–water partition coefficient (Wildman–Crippen LogP) is 6.77. The molecule has 0 aliphatic rings. The Morgan fingerprint density at radius 3 is 2.07 bits per heavy atom. The van der Waals surface area contributed by atoms with E-state index in [2.05, 4.69) is 16.4 Å². The minimum absolute atomic E-state index is 0.103. The van der Waals surface area contributed by atoms with E-state index in [0.717, 1.165) is 49.4 Å². The van der Waals surface area contributed by atoms with E-state index in [1.807, 2.05) is 0 Å². The van der Waals surface area contributed by atoms with Gasteiger partial charge in [-0.3, -0.25) is 0 Å². The van der Waals surface area contributed by atoms with E-state index in [-0.39, 0.29) is 17.5 Å². The fourth-order valence-electron chi connectivity index (χ4n) is 2.73. The molecule has 0 saturated heterocycles. The Bertz CT molecular complexity index is 772. The van der Waals surface area contributed by atoms with E-state index in [9.17, 15) is 26.3 Å². The van der Waals surface area contributed by atoms with Crippen molar-refractivity contribution in [2.24, 2.45) is 0 Å². The average molecular weight is 420 g/mol. The first-order valence-electron chi connectivity index (χ1n) is 9.26. The molecule has 0 aromatic heterocycles. The normalized spacial score (nSPS) is 12.2. The largest absolute Gasteiger partial charge is 0.573 e. The second-order valence-corrected chi connectivity index (χ2v) is 6.58. The second-order valence-electron chi connectivity index (χ2n) is 6.58. The molecule has 0 bridgehead atoms. The first kappa shape index (κ1) is 23.1. The zero-order valence-electron chi connectivity index (χ0n) is 15.9. The van der Waals surface area contributed by atoms with Crippen molar-refractivity contribution in [2.75, 3.05) is 6.61 Å². The Morgan fingerprint density at radius 1 is 0.828 bits per heavy atom.